The van der Waals surface area contributed by atoms with E-state index in [1.165, 1.54) is 32.2 Å². The number of likely N-dealkylation sites (N-methyl/N-ethyl adjacent to an activating group) is 2. The van der Waals surface area contributed by atoms with Crippen LogP contribution < -0.4 is 5.32 Å². The molecule has 0 heterocycles. The molecular weight excluding hydrogens is 172 g/mol. The van der Waals surface area contributed by atoms with E-state index < -0.39 is 0 Å². The first kappa shape index (κ1) is 10.4. The molecule has 2 nitrogen and oxygen atoms in total. The molecule has 0 aliphatic heterocycles. The summed E-state index contributed by atoms with van der Waals surface area (Å²) < 4.78 is 0. The number of rotatable bonds is 4. The summed E-state index contributed by atoms with van der Waals surface area (Å²) in [6, 6.07) is 1.54. The second-order valence-electron chi connectivity index (χ2n) is 5.31. The van der Waals surface area contributed by atoms with E-state index >= 15 is 0 Å². The van der Waals surface area contributed by atoms with Gasteiger partial charge in [0.25, 0.3) is 0 Å². The van der Waals surface area contributed by atoms with E-state index in [0.29, 0.717) is 0 Å². The second-order valence-corrected chi connectivity index (χ2v) is 5.31. The Kier molecular flexibility index (Phi) is 3.13. The Hall–Kier alpha value is -0.0800. The normalized spacial score (nSPS) is 42.0. The minimum Gasteiger partial charge on any atom is -0.315 e. The molecule has 4 atom stereocenters. The fraction of sp³-hybridized carbons (Fsp3) is 1.00. The van der Waals surface area contributed by atoms with Crippen LogP contribution in [-0.4, -0.2) is 37.6 Å². The third-order valence-electron chi connectivity index (χ3n) is 4.22. The van der Waals surface area contributed by atoms with Gasteiger partial charge < -0.3 is 10.2 Å². The first-order valence-electron chi connectivity index (χ1n) is 6.10. The fourth-order valence-corrected chi connectivity index (χ4v) is 2.96. The van der Waals surface area contributed by atoms with Crippen molar-refractivity contribution < 1.29 is 0 Å². The average molecular weight is 196 g/mol. The maximum atomic E-state index is 3.46. The number of hydrogen-bond acceptors (Lipinski definition) is 2. The molecule has 2 rings (SSSR count). The van der Waals surface area contributed by atoms with Gasteiger partial charge in [0.1, 0.15) is 0 Å². The van der Waals surface area contributed by atoms with Crippen molar-refractivity contribution in [2.75, 3.05) is 20.6 Å². The van der Waals surface area contributed by atoms with Gasteiger partial charge in [0.05, 0.1) is 0 Å². The van der Waals surface area contributed by atoms with Crippen LogP contribution in [0.2, 0.25) is 0 Å². The molecule has 0 aromatic carbocycles. The SMILES string of the molecule is CNC1CCCC1N(C)CC1CC1C. The van der Waals surface area contributed by atoms with Gasteiger partial charge in [-0.1, -0.05) is 13.3 Å². The summed E-state index contributed by atoms with van der Waals surface area (Å²) >= 11 is 0. The zero-order valence-electron chi connectivity index (χ0n) is 9.79. The molecule has 0 bridgehead atoms. The highest BCUT2D eigenvalue weighted by Gasteiger charge is 2.36. The molecule has 2 fully saturated rings. The summed E-state index contributed by atoms with van der Waals surface area (Å²) in [5, 5.41) is 3.46. The Balaban J connectivity index is 1.80. The first-order valence-corrected chi connectivity index (χ1v) is 6.10. The molecule has 14 heavy (non-hydrogen) atoms. The van der Waals surface area contributed by atoms with Crippen molar-refractivity contribution in [3.63, 3.8) is 0 Å². The Labute approximate surface area is 88.1 Å². The minimum atomic E-state index is 0.744. The Morgan fingerprint density at radius 1 is 1.36 bits per heavy atom. The molecule has 1 N–H and O–H groups in total. The van der Waals surface area contributed by atoms with E-state index in [2.05, 4.69) is 31.2 Å². The Morgan fingerprint density at radius 2 is 2.07 bits per heavy atom. The molecule has 0 amide bonds. The highest BCUT2D eigenvalue weighted by atomic mass is 15.2. The van der Waals surface area contributed by atoms with Crippen molar-refractivity contribution >= 4 is 0 Å². The predicted molar refractivity (Wildman–Crippen MR) is 60.4 cm³/mol. The van der Waals surface area contributed by atoms with Crippen LogP contribution in [0.3, 0.4) is 0 Å². The van der Waals surface area contributed by atoms with Gasteiger partial charge in [0.15, 0.2) is 0 Å². The Morgan fingerprint density at radius 3 is 2.64 bits per heavy atom. The summed E-state index contributed by atoms with van der Waals surface area (Å²) in [5.74, 6) is 1.99. The second kappa shape index (κ2) is 4.19. The summed E-state index contributed by atoms with van der Waals surface area (Å²) in [7, 11) is 4.42. The van der Waals surface area contributed by atoms with Crippen LogP contribution in [0.5, 0.6) is 0 Å². The molecule has 2 saturated carbocycles. The monoisotopic (exact) mass is 196 g/mol. The highest BCUT2D eigenvalue weighted by molar-refractivity contribution is 4.92. The lowest BCUT2D eigenvalue weighted by atomic mass is 10.1. The topological polar surface area (TPSA) is 15.3 Å². The number of nitrogens with zero attached hydrogens (tertiary/aromatic N) is 1. The van der Waals surface area contributed by atoms with Gasteiger partial charge in [-0.25, -0.2) is 0 Å². The van der Waals surface area contributed by atoms with Gasteiger partial charge in [0, 0.05) is 18.6 Å². The van der Waals surface area contributed by atoms with E-state index in [1.807, 2.05) is 0 Å². The lowest BCUT2D eigenvalue weighted by Gasteiger charge is -2.29. The van der Waals surface area contributed by atoms with Crippen LogP contribution in [0.4, 0.5) is 0 Å². The van der Waals surface area contributed by atoms with Gasteiger partial charge in [0.2, 0.25) is 0 Å². The molecular formula is C12H24N2. The predicted octanol–water partition coefficient (Wildman–Crippen LogP) is 1.71. The average Bonchev–Trinajstić information content (AvgIpc) is 2.72. The molecule has 0 saturated heterocycles. The molecule has 0 spiro atoms. The van der Waals surface area contributed by atoms with Crippen molar-refractivity contribution in [2.24, 2.45) is 11.8 Å². The van der Waals surface area contributed by atoms with Crippen LogP contribution in [-0.2, 0) is 0 Å². The van der Waals surface area contributed by atoms with E-state index in [-0.39, 0.29) is 0 Å². The van der Waals surface area contributed by atoms with Crippen LogP contribution in [0.25, 0.3) is 0 Å². The van der Waals surface area contributed by atoms with Gasteiger partial charge >= 0.3 is 0 Å². The number of hydrogen-bond donors (Lipinski definition) is 1. The zero-order chi connectivity index (χ0) is 10.1. The molecule has 2 aliphatic rings. The molecule has 0 aromatic rings. The van der Waals surface area contributed by atoms with Gasteiger partial charge in [-0.3, -0.25) is 0 Å². The smallest absolute Gasteiger partial charge is 0.0246 e. The molecule has 2 heteroatoms. The summed E-state index contributed by atoms with van der Waals surface area (Å²) in [6.45, 7) is 3.70. The first-order chi connectivity index (χ1) is 6.72. The van der Waals surface area contributed by atoms with Crippen molar-refractivity contribution in [3.05, 3.63) is 0 Å². The quantitative estimate of drug-likeness (QED) is 0.736. The van der Waals surface area contributed by atoms with Crippen molar-refractivity contribution in [1.82, 2.24) is 10.2 Å². The van der Waals surface area contributed by atoms with Crippen LogP contribution in [0.15, 0.2) is 0 Å². The van der Waals surface area contributed by atoms with Gasteiger partial charge in [-0.05, 0) is 45.2 Å². The third-order valence-corrected chi connectivity index (χ3v) is 4.22. The number of nitrogens with one attached hydrogen (secondary N) is 1. The van der Waals surface area contributed by atoms with Crippen LogP contribution in [0, 0.1) is 11.8 Å². The van der Waals surface area contributed by atoms with E-state index in [4.69, 9.17) is 0 Å². The van der Waals surface area contributed by atoms with Crippen LogP contribution >= 0.6 is 0 Å². The standard InChI is InChI=1S/C12H24N2/c1-9-7-10(9)8-14(3)12-6-4-5-11(12)13-2/h9-13H,4-8H2,1-3H3. The molecule has 4 unspecified atom stereocenters. The molecule has 0 aromatic heterocycles. The molecule has 2 aliphatic carbocycles. The Bertz CT molecular complexity index is 193. The highest BCUT2D eigenvalue weighted by Crippen LogP contribution is 2.39. The lowest BCUT2D eigenvalue weighted by Crippen LogP contribution is -2.44. The van der Waals surface area contributed by atoms with Gasteiger partial charge in [-0.15, -0.1) is 0 Å². The summed E-state index contributed by atoms with van der Waals surface area (Å²) in [5.41, 5.74) is 0. The van der Waals surface area contributed by atoms with E-state index in [1.54, 1.807) is 0 Å². The van der Waals surface area contributed by atoms with Crippen molar-refractivity contribution in [2.45, 2.75) is 44.7 Å². The summed E-state index contributed by atoms with van der Waals surface area (Å²) in [4.78, 5) is 2.60. The van der Waals surface area contributed by atoms with Crippen molar-refractivity contribution in [3.8, 4) is 0 Å². The van der Waals surface area contributed by atoms with Gasteiger partial charge in [-0.2, -0.15) is 0 Å². The largest absolute Gasteiger partial charge is 0.315 e. The lowest BCUT2D eigenvalue weighted by molar-refractivity contribution is 0.205. The fourth-order valence-electron chi connectivity index (χ4n) is 2.96. The van der Waals surface area contributed by atoms with Crippen molar-refractivity contribution in [1.29, 1.82) is 0 Å². The zero-order valence-corrected chi connectivity index (χ0v) is 9.79. The maximum absolute atomic E-state index is 3.46. The third kappa shape index (κ3) is 2.12. The van der Waals surface area contributed by atoms with E-state index in [0.717, 1.165) is 23.9 Å². The van der Waals surface area contributed by atoms with E-state index in [9.17, 15) is 0 Å². The molecule has 82 valence electrons. The molecule has 0 radical (unpaired) electrons. The maximum Gasteiger partial charge on any atom is 0.0246 e. The minimum absolute atomic E-state index is 0.744. The van der Waals surface area contributed by atoms with Crippen LogP contribution in [0.1, 0.15) is 32.6 Å². The summed E-state index contributed by atoms with van der Waals surface area (Å²) in [6.07, 6.45) is 5.62.